The lowest BCUT2D eigenvalue weighted by Gasteiger charge is -2.29. The van der Waals surface area contributed by atoms with Crippen molar-refractivity contribution in [2.75, 3.05) is 26.3 Å². The Hall–Kier alpha value is -3.66. The zero-order valence-electron chi connectivity index (χ0n) is 18.5. The van der Waals surface area contributed by atoms with Crippen molar-refractivity contribution in [1.29, 1.82) is 0 Å². The molecule has 2 aromatic carbocycles. The molecule has 0 aliphatic carbocycles. The van der Waals surface area contributed by atoms with Crippen LogP contribution >= 0.6 is 0 Å². The molecule has 2 aliphatic heterocycles. The van der Waals surface area contributed by atoms with Crippen LogP contribution in [0, 0.1) is 0 Å². The molecule has 0 spiro atoms. The van der Waals surface area contributed by atoms with E-state index in [0.29, 0.717) is 37.3 Å². The number of halogens is 3. The van der Waals surface area contributed by atoms with E-state index in [0.717, 1.165) is 6.07 Å². The minimum atomic E-state index is -4.57. The third-order valence-electron chi connectivity index (χ3n) is 6.52. The van der Waals surface area contributed by atoms with Crippen molar-refractivity contribution in [3.8, 4) is 11.3 Å². The molecule has 0 bridgehead atoms. The first-order valence-electron chi connectivity index (χ1n) is 11.2. The van der Waals surface area contributed by atoms with Gasteiger partial charge in [0.15, 0.2) is 0 Å². The van der Waals surface area contributed by atoms with Crippen LogP contribution in [0.5, 0.6) is 0 Å². The van der Waals surface area contributed by atoms with Gasteiger partial charge in [0, 0.05) is 29.7 Å². The van der Waals surface area contributed by atoms with E-state index >= 15 is 0 Å². The molecule has 182 valence electrons. The van der Waals surface area contributed by atoms with Crippen molar-refractivity contribution >= 4 is 22.6 Å². The molecular weight excluding hydrogens is 463 g/mol. The van der Waals surface area contributed by atoms with E-state index < -0.39 is 29.3 Å². The van der Waals surface area contributed by atoms with Crippen LogP contribution in [0.25, 0.3) is 22.0 Å². The second-order valence-electron chi connectivity index (χ2n) is 8.69. The van der Waals surface area contributed by atoms with Crippen molar-refractivity contribution in [2.45, 2.75) is 24.6 Å². The van der Waals surface area contributed by atoms with Gasteiger partial charge in [0.2, 0.25) is 11.8 Å². The van der Waals surface area contributed by atoms with Crippen molar-refractivity contribution in [2.24, 2.45) is 0 Å². The zero-order chi connectivity index (χ0) is 24.7. The van der Waals surface area contributed by atoms with Gasteiger partial charge < -0.3 is 19.9 Å². The van der Waals surface area contributed by atoms with Gasteiger partial charge in [-0.3, -0.25) is 14.4 Å². The Kier molecular flexibility index (Phi) is 5.84. The molecule has 2 amide bonds. The van der Waals surface area contributed by atoms with E-state index in [2.05, 4.69) is 10.3 Å². The lowest BCUT2D eigenvalue weighted by Crippen LogP contribution is -2.48. The summed E-state index contributed by atoms with van der Waals surface area (Å²) in [5.41, 5.74) is -0.900. The van der Waals surface area contributed by atoms with Gasteiger partial charge in [-0.15, -0.1) is 0 Å². The van der Waals surface area contributed by atoms with Gasteiger partial charge in [-0.25, -0.2) is 0 Å². The number of carbonyl (C=O) groups excluding carboxylic acids is 2. The number of benzene rings is 2. The standard InChI is InChI=1S/C25H22F3N3O4/c26-25(27,28)19-4-2-1-3-16(19)20-12-15-6-5-14(11-17(15)22(32)29-20)18-13-21(30-23(18)33)24(34)31-7-9-35-10-8-31/h1-6,11-12,18,21H,7-10,13H2,(H,29,32)(H,30,33). The molecule has 10 heteroatoms. The number of carbonyl (C=O) groups is 2. The van der Waals surface area contributed by atoms with E-state index in [9.17, 15) is 27.6 Å². The fourth-order valence-corrected chi connectivity index (χ4v) is 4.73. The molecule has 3 heterocycles. The third-order valence-corrected chi connectivity index (χ3v) is 6.52. The number of H-pyrrole nitrogens is 1. The fraction of sp³-hybridized carbons (Fsp3) is 0.320. The predicted molar refractivity (Wildman–Crippen MR) is 122 cm³/mol. The first kappa shape index (κ1) is 23.1. The smallest absolute Gasteiger partial charge is 0.378 e. The van der Waals surface area contributed by atoms with Crippen LogP contribution in [-0.2, 0) is 20.5 Å². The zero-order valence-corrected chi connectivity index (χ0v) is 18.5. The highest BCUT2D eigenvalue weighted by atomic mass is 19.4. The second-order valence-corrected chi connectivity index (χ2v) is 8.69. The normalized spacial score (nSPS) is 20.8. The van der Waals surface area contributed by atoms with Crippen LogP contribution in [0.4, 0.5) is 13.2 Å². The maximum absolute atomic E-state index is 13.5. The quantitative estimate of drug-likeness (QED) is 0.597. The molecule has 2 unspecified atom stereocenters. The number of rotatable bonds is 3. The lowest BCUT2D eigenvalue weighted by molar-refractivity contribution is -0.138. The number of alkyl halides is 3. The third kappa shape index (κ3) is 4.41. The molecule has 7 nitrogen and oxygen atoms in total. The summed E-state index contributed by atoms with van der Waals surface area (Å²) < 4.78 is 45.6. The van der Waals surface area contributed by atoms with Crippen LogP contribution < -0.4 is 10.9 Å². The van der Waals surface area contributed by atoms with Crippen molar-refractivity contribution in [3.05, 3.63) is 70.0 Å². The molecule has 35 heavy (non-hydrogen) atoms. The Bertz CT molecular complexity index is 1360. The van der Waals surface area contributed by atoms with E-state index in [1.165, 1.54) is 24.3 Å². The topological polar surface area (TPSA) is 91.5 Å². The van der Waals surface area contributed by atoms with Crippen LogP contribution in [-0.4, -0.2) is 54.0 Å². The average Bonchev–Trinajstić information content (AvgIpc) is 3.25. The summed E-state index contributed by atoms with van der Waals surface area (Å²) >= 11 is 0. The molecule has 0 saturated carbocycles. The number of aromatic nitrogens is 1. The molecule has 2 aliphatic rings. The largest absolute Gasteiger partial charge is 0.417 e. The van der Waals surface area contributed by atoms with Gasteiger partial charge >= 0.3 is 6.18 Å². The van der Waals surface area contributed by atoms with Crippen LogP contribution in [0.3, 0.4) is 0 Å². The van der Waals surface area contributed by atoms with Crippen molar-refractivity contribution in [1.82, 2.24) is 15.2 Å². The molecule has 0 radical (unpaired) electrons. The first-order chi connectivity index (χ1) is 16.7. The van der Waals surface area contributed by atoms with Crippen LogP contribution in [0.15, 0.2) is 53.3 Å². The molecule has 5 rings (SSSR count). The number of morpholine rings is 1. The summed E-state index contributed by atoms with van der Waals surface area (Å²) in [4.78, 5) is 42.5. The number of amides is 2. The summed E-state index contributed by atoms with van der Waals surface area (Å²) in [6.45, 7) is 1.86. The minimum Gasteiger partial charge on any atom is -0.378 e. The summed E-state index contributed by atoms with van der Waals surface area (Å²) in [5, 5.41) is 3.45. The number of nitrogens with zero attached hydrogens (tertiary/aromatic N) is 1. The lowest BCUT2D eigenvalue weighted by atomic mass is 9.93. The van der Waals surface area contributed by atoms with E-state index in [4.69, 9.17) is 4.74 Å². The SMILES string of the molecule is O=C1NC(C(=O)N2CCOCC2)CC1c1ccc2cc(-c3ccccc3C(F)(F)F)[nH]c(=O)c2c1. The van der Waals surface area contributed by atoms with Crippen molar-refractivity contribution < 1.29 is 27.5 Å². The van der Waals surface area contributed by atoms with Crippen LogP contribution in [0.2, 0.25) is 0 Å². The highest BCUT2D eigenvalue weighted by Gasteiger charge is 2.39. The van der Waals surface area contributed by atoms with Gasteiger partial charge in [0.25, 0.3) is 5.56 Å². The molecule has 2 N–H and O–H groups in total. The van der Waals surface area contributed by atoms with E-state index in [-0.39, 0.29) is 34.9 Å². The van der Waals surface area contributed by atoms with Crippen LogP contribution in [0.1, 0.15) is 23.5 Å². The summed E-state index contributed by atoms with van der Waals surface area (Å²) in [6, 6.07) is 10.7. The molecule has 2 atom stereocenters. The second kappa shape index (κ2) is 8.84. The monoisotopic (exact) mass is 485 g/mol. The number of ether oxygens (including phenoxy) is 1. The highest BCUT2D eigenvalue weighted by Crippen LogP contribution is 2.37. The predicted octanol–water partition coefficient (Wildman–Crippen LogP) is 3.04. The molecule has 1 aromatic heterocycles. The van der Waals surface area contributed by atoms with E-state index in [1.807, 2.05) is 0 Å². The number of nitrogens with one attached hydrogen (secondary N) is 2. The van der Waals surface area contributed by atoms with Gasteiger partial charge in [0.1, 0.15) is 6.04 Å². The number of aromatic amines is 1. The minimum absolute atomic E-state index is 0.0537. The number of hydrogen-bond acceptors (Lipinski definition) is 4. The number of hydrogen-bond donors (Lipinski definition) is 2. The summed E-state index contributed by atoms with van der Waals surface area (Å²) in [5.74, 6) is -1.07. The number of pyridine rings is 1. The maximum atomic E-state index is 13.5. The Balaban J connectivity index is 1.44. The maximum Gasteiger partial charge on any atom is 0.417 e. The Morgan fingerprint density at radius 2 is 1.77 bits per heavy atom. The highest BCUT2D eigenvalue weighted by molar-refractivity contribution is 5.95. The van der Waals surface area contributed by atoms with Gasteiger partial charge in [-0.1, -0.05) is 30.3 Å². The Labute approximate surface area is 197 Å². The molecule has 3 aromatic rings. The molecule has 2 fully saturated rings. The molecule has 2 saturated heterocycles. The van der Waals surface area contributed by atoms with E-state index in [1.54, 1.807) is 23.1 Å². The number of fused-ring (bicyclic) bond motifs is 1. The summed E-state index contributed by atoms with van der Waals surface area (Å²) in [6.07, 6.45) is -4.31. The molecular formula is C25H22F3N3O4. The Morgan fingerprint density at radius 1 is 1.03 bits per heavy atom. The first-order valence-corrected chi connectivity index (χ1v) is 11.2. The van der Waals surface area contributed by atoms with Gasteiger partial charge in [-0.2, -0.15) is 13.2 Å². The van der Waals surface area contributed by atoms with Gasteiger partial charge in [0.05, 0.1) is 24.7 Å². The van der Waals surface area contributed by atoms with Crippen molar-refractivity contribution in [3.63, 3.8) is 0 Å². The fourth-order valence-electron chi connectivity index (χ4n) is 4.73. The summed E-state index contributed by atoms with van der Waals surface area (Å²) in [7, 11) is 0. The average molecular weight is 485 g/mol. The van der Waals surface area contributed by atoms with Gasteiger partial charge in [-0.05, 0) is 35.6 Å². The Morgan fingerprint density at radius 3 is 2.51 bits per heavy atom.